The molecule has 2 saturated heterocycles. The summed E-state index contributed by atoms with van der Waals surface area (Å²) < 4.78 is 22.5. The Balaban J connectivity index is 1.55. The van der Waals surface area contributed by atoms with E-state index in [1.807, 2.05) is 11.0 Å². The van der Waals surface area contributed by atoms with Crippen molar-refractivity contribution in [1.82, 2.24) is 14.9 Å². The van der Waals surface area contributed by atoms with Crippen molar-refractivity contribution in [2.24, 2.45) is 11.8 Å². The van der Waals surface area contributed by atoms with Crippen LogP contribution < -0.4 is 4.90 Å². The molecular formula is C16H24N4O3S. The van der Waals surface area contributed by atoms with Gasteiger partial charge in [-0.25, -0.2) is 18.4 Å². The summed E-state index contributed by atoms with van der Waals surface area (Å²) in [7, 11) is -3.09. The molecule has 3 rings (SSSR count). The van der Waals surface area contributed by atoms with Crippen LogP contribution in [0.15, 0.2) is 18.5 Å². The number of carbonyl (C=O) groups is 1. The molecule has 2 aliphatic rings. The molecule has 1 amide bonds. The fourth-order valence-electron chi connectivity index (χ4n) is 3.64. The summed E-state index contributed by atoms with van der Waals surface area (Å²) in [6.45, 7) is 3.29. The van der Waals surface area contributed by atoms with Gasteiger partial charge in [0.05, 0.1) is 5.75 Å². The van der Waals surface area contributed by atoms with E-state index in [0.29, 0.717) is 11.8 Å². The number of hydrogen-bond acceptors (Lipinski definition) is 6. The molecule has 0 N–H and O–H groups in total. The zero-order valence-electron chi connectivity index (χ0n) is 14.0. The molecule has 0 aromatic carbocycles. The molecular weight excluding hydrogens is 328 g/mol. The second kappa shape index (κ2) is 7.04. The minimum absolute atomic E-state index is 0.0308. The Hall–Kier alpha value is -1.70. The molecule has 7 nitrogen and oxygen atoms in total. The number of hydrogen-bond donors (Lipinski definition) is 0. The van der Waals surface area contributed by atoms with Crippen LogP contribution in [0.1, 0.15) is 19.3 Å². The molecule has 0 saturated carbocycles. The Kier molecular flexibility index (Phi) is 5.03. The highest BCUT2D eigenvalue weighted by atomic mass is 32.2. The smallest absolute Gasteiger partial charge is 0.225 e. The maximum absolute atomic E-state index is 12.2. The molecule has 0 aliphatic carbocycles. The standard InChI is InChI=1S/C16H24N4O3S/c1-24(22,23)10-5-15(21)20-11-13-3-8-19(9-4-14(13)12-20)16-17-6-2-7-18-16/h2,6-7,13-14H,3-5,8-12H2,1H3/t13-,14+. The molecule has 8 heteroatoms. The highest BCUT2D eigenvalue weighted by Gasteiger charge is 2.37. The zero-order chi connectivity index (χ0) is 17.2. The van der Waals surface area contributed by atoms with Gasteiger partial charge in [-0.3, -0.25) is 4.79 Å². The Morgan fingerprint density at radius 3 is 2.29 bits per heavy atom. The minimum Gasteiger partial charge on any atom is -0.342 e. The predicted molar refractivity (Wildman–Crippen MR) is 91.4 cm³/mol. The van der Waals surface area contributed by atoms with Gasteiger partial charge in [0, 0.05) is 51.2 Å². The number of sulfone groups is 1. The van der Waals surface area contributed by atoms with Gasteiger partial charge in [-0.2, -0.15) is 0 Å². The Morgan fingerprint density at radius 1 is 1.17 bits per heavy atom. The number of likely N-dealkylation sites (tertiary alicyclic amines) is 1. The molecule has 1 aromatic heterocycles. The van der Waals surface area contributed by atoms with E-state index in [4.69, 9.17) is 0 Å². The van der Waals surface area contributed by atoms with E-state index in [1.54, 1.807) is 12.4 Å². The van der Waals surface area contributed by atoms with Crippen molar-refractivity contribution in [3.63, 3.8) is 0 Å². The van der Waals surface area contributed by atoms with E-state index in [2.05, 4.69) is 14.9 Å². The number of fused-ring (bicyclic) bond motifs is 1. The van der Waals surface area contributed by atoms with E-state index in [0.717, 1.165) is 45.0 Å². The molecule has 24 heavy (non-hydrogen) atoms. The van der Waals surface area contributed by atoms with Crippen LogP contribution in [0.4, 0.5) is 5.95 Å². The Morgan fingerprint density at radius 2 is 1.75 bits per heavy atom. The number of anilines is 1. The summed E-state index contributed by atoms with van der Waals surface area (Å²) in [5.41, 5.74) is 0. The lowest BCUT2D eigenvalue weighted by atomic mass is 9.92. The van der Waals surface area contributed by atoms with Crippen molar-refractivity contribution < 1.29 is 13.2 Å². The first-order valence-electron chi connectivity index (χ1n) is 8.40. The molecule has 0 spiro atoms. The van der Waals surface area contributed by atoms with E-state index < -0.39 is 9.84 Å². The summed E-state index contributed by atoms with van der Waals surface area (Å²) in [5.74, 6) is 1.66. The summed E-state index contributed by atoms with van der Waals surface area (Å²) >= 11 is 0. The molecule has 3 heterocycles. The number of amides is 1. The van der Waals surface area contributed by atoms with Gasteiger partial charge in [0.1, 0.15) is 9.84 Å². The van der Waals surface area contributed by atoms with Gasteiger partial charge in [-0.15, -0.1) is 0 Å². The van der Waals surface area contributed by atoms with Crippen LogP contribution in [0.25, 0.3) is 0 Å². The van der Waals surface area contributed by atoms with Crippen LogP contribution in [-0.2, 0) is 14.6 Å². The molecule has 0 radical (unpaired) electrons. The van der Waals surface area contributed by atoms with Crippen LogP contribution in [0.5, 0.6) is 0 Å². The average molecular weight is 352 g/mol. The third kappa shape index (κ3) is 4.23. The molecule has 132 valence electrons. The summed E-state index contributed by atoms with van der Waals surface area (Å²) in [5, 5.41) is 0. The van der Waals surface area contributed by atoms with Gasteiger partial charge >= 0.3 is 0 Å². The second-order valence-corrected chi connectivity index (χ2v) is 9.07. The quantitative estimate of drug-likeness (QED) is 0.788. The van der Waals surface area contributed by atoms with E-state index >= 15 is 0 Å². The first-order valence-corrected chi connectivity index (χ1v) is 10.5. The summed E-state index contributed by atoms with van der Waals surface area (Å²) in [6.07, 6.45) is 6.82. The van der Waals surface area contributed by atoms with Crippen LogP contribution in [-0.4, -0.2) is 67.4 Å². The minimum atomic E-state index is -3.09. The van der Waals surface area contributed by atoms with Crippen molar-refractivity contribution in [1.29, 1.82) is 0 Å². The summed E-state index contributed by atoms with van der Waals surface area (Å²) in [6, 6.07) is 1.82. The van der Waals surface area contributed by atoms with E-state index in [-0.39, 0.29) is 18.1 Å². The third-order valence-electron chi connectivity index (χ3n) is 4.99. The van der Waals surface area contributed by atoms with Crippen LogP contribution >= 0.6 is 0 Å². The molecule has 0 unspecified atom stereocenters. The highest BCUT2D eigenvalue weighted by molar-refractivity contribution is 7.90. The Bertz CT molecular complexity index is 664. The zero-order valence-corrected chi connectivity index (χ0v) is 14.8. The summed E-state index contributed by atoms with van der Waals surface area (Å²) in [4.78, 5) is 25.0. The predicted octanol–water partition coefficient (Wildman–Crippen LogP) is 0.586. The normalized spacial score (nSPS) is 24.5. The average Bonchev–Trinajstić information content (AvgIpc) is 2.86. The van der Waals surface area contributed by atoms with Crippen LogP contribution in [0, 0.1) is 11.8 Å². The lowest BCUT2D eigenvalue weighted by molar-refractivity contribution is -0.130. The number of aromatic nitrogens is 2. The Labute approximate surface area is 143 Å². The topological polar surface area (TPSA) is 83.5 Å². The van der Waals surface area contributed by atoms with Crippen molar-refractivity contribution in [2.75, 3.05) is 43.1 Å². The van der Waals surface area contributed by atoms with Crippen molar-refractivity contribution in [3.05, 3.63) is 18.5 Å². The molecule has 0 bridgehead atoms. The molecule has 1 aromatic rings. The van der Waals surface area contributed by atoms with Crippen LogP contribution in [0.2, 0.25) is 0 Å². The fraction of sp³-hybridized carbons (Fsp3) is 0.688. The van der Waals surface area contributed by atoms with Gasteiger partial charge < -0.3 is 9.80 Å². The van der Waals surface area contributed by atoms with Crippen LogP contribution in [0.3, 0.4) is 0 Å². The third-order valence-corrected chi connectivity index (χ3v) is 5.94. The highest BCUT2D eigenvalue weighted by Crippen LogP contribution is 2.32. The van der Waals surface area contributed by atoms with Crippen molar-refractivity contribution in [2.45, 2.75) is 19.3 Å². The molecule has 2 atom stereocenters. The van der Waals surface area contributed by atoms with Gasteiger partial charge in [-0.1, -0.05) is 0 Å². The van der Waals surface area contributed by atoms with Crippen molar-refractivity contribution in [3.8, 4) is 0 Å². The van der Waals surface area contributed by atoms with E-state index in [9.17, 15) is 13.2 Å². The lowest BCUT2D eigenvalue weighted by Crippen LogP contribution is -2.32. The number of rotatable bonds is 4. The first kappa shape index (κ1) is 17.1. The van der Waals surface area contributed by atoms with E-state index in [1.165, 1.54) is 6.26 Å². The lowest BCUT2D eigenvalue weighted by Gasteiger charge is -2.22. The maximum atomic E-state index is 12.2. The molecule has 2 fully saturated rings. The second-order valence-electron chi connectivity index (χ2n) is 6.81. The SMILES string of the molecule is CS(=O)(=O)CCC(=O)N1C[C@H]2CCN(c3ncccn3)CC[C@H]2C1. The van der Waals surface area contributed by atoms with Crippen molar-refractivity contribution >= 4 is 21.7 Å². The van der Waals surface area contributed by atoms with Gasteiger partial charge in [-0.05, 0) is 30.7 Å². The monoisotopic (exact) mass is 352 g/mol. The largest absolute Gasteiger partial charge is 0.342 e. The van der Waals surface area contributed by atoms with Gasteiger partial charge in [0.25, 0.3) is 0 Å². The molecule has 2 aliphatic heterocycles. The van der Waals surface area contributed by atoms with Gasteiger partial charge in [0.2, 0.25) is 11.9 Å². The number of carbonyl (C=O) groups excluding carboxylic acids is 1. The number of nitrogens with zero attached hydrogens (tertiary/aromatic N) is 4. The fourth-order valence-corrected chi connectivity index (χ4v) is 4.18. The first-order chi connectivity index (χ1) is 11.4. The van der Waals surface area contributed by atoms with Gasteiger partial charge in [0.15, 0.2) is 0 Å². The maximum Gasteiger partial charge on any atom is 0.225 e.